The van der Waals surface area contributed by atoms with Crippen molar-refractivity contribution in [3.05, 3.63) is 90.8 Å². The molecule has 10 nitrogen and oxygen atoms in total. The molecule has 1 aliphatic rings. The minimum absolute atomic E-state index is 0.0669. The van der Waals surface area contributed by atoms with E-state index < -0.39 is 12.2 Å². The van der Waals surface area contributed by atoms with Crippen molar-refractivity contribution in [1.29, 1.82) is 5.41 Å². The minimum atomic E-state index is -0.680. The standard InChI is InChI=1S/C40H51ClN8O2S2/c1-23-26(4)52-39-35(23)36(29-16-18-30(41)19-17-29)47-33(37(43)49(39)28(6)42)22-34(50)45-21-12-10-8-7-9-11-20-44-32-15-13-14-31(24(32)2)38(51)48-40-46-25(3)27(5)53-40/h13-19,28,33,43-44H,7-12,20-22,42H2,1-6H3,(H,45,50)(H,46,48,51)/t28?,33-/m0/s1. The molecule has 2 amide bonds. The van der Waals surface area contributed by atoms with Crippen LogP contribution < -0.4 is 26.6 Å². The quantitative estimate of drug-likeness (QED) is 0.0718. The number of carbonyl (C=O) groups excluding carboxylic acids is 2. The monoisotopic (exact) mass is 774 g/mol. The van der Waals surface area contributed by atoms with E-state index in [0.717, 1.165) is 99.2 Å². The SMILES string of the molecule is Cc1nc(NC(=O)c2cccc(NCCCCCCCCNC(=O)C[C@@H]3N=C(c4ccc(Cl)cc4)c4c(sc(C)c4C)N(C(C)N)C3=N)c2C)sc1C. The molecular weight excluding hydrogens is 724 g/mol. The van der Waals surface area contributed by atoms with Gasteiger partial charge in [-0.3, -0.25) is 25.3 Å². The van der Waals surface area contributed by atoms with Crippen LogP contribution in [-0.2, 0) is 4.79 Å². The summed E-state index contributed by atoms with van der Waals surface area (Å²) in [4.78, 5) is 39.7. The third kappa shape index (κ3) is 9.91. The Morgan fingerprint density at radius 3 is 2.26 bits per heavy atom. The number of aliphatic imine (C=N–C) groups is 1. The predicted octanol–water partition coefficient (Wildman–Crippen LogP) is 8.92. The molecule has 2 atom stereocenters. The Balaban J connectivity index is 1.05. The third-order valence-electron chi connectivity index (χ3n) is 9.65. The van der Waals surface area contributed by atoms with Crippen molar-refractivity contribution in [2.75, 3.05) is 28.6 Å². The van der Waals surface area contributed by atoms with Gasteiger partial charge in [0.25, 0.3) is 5.91 Å². The van der Waals surface area contributed by atoms with Gasteiger partial charge in [-0.05, 0) is 89.8 Å². The fraction of sp³-hybridized carbons (Fsp3) is 0.425. The molecule has 282 valence electrons. The van der Waals surface area contributed by atoms with Crippen LogP contribution in [0.3, 0.4) is 0 Å². The normalized spacial score (nSPS) is 14.7. The number of thiophene rings is 1. The summed E-state index contributed by atoms with van der Waals surface area (Å²) >= 11 is 9.30. The summed E-state index contributed by atoms with van der Waals surface area (Å²) in [7, 11) is 0. The fourth-order valence-corrected chi connectivity index (χ4v) is 8.60. The molecule has 0 aliphatic carbocycles. The maximum absolute atomic E-state index is 13.2. The first kappa shape index (κ1) is 40.1. The van der Waals surface area contributed by atoms with E-state index in [0.29, 0.717) is 22.3 Å². The van der Waals surface area contributed by atoms with Crippen molar-refractivity contribution in [2.24, 2.45) is 10.7 Å². The van der Waals surface area contributed by atoms with Crippen LogP contribution >= 0.6 is 34.3 Å². The first-order valence-corrected chi connectivity index (χ1v) is 20.3. The summed E-state index contributed by atoms with van der Waals surface area (Å²) < 4.78 is 0. The van der Waals surface area contributed by atoms with Crippen molar-refractivity contribution >= 4 is 73.5 Å². The molecule has 0 spiro atoms. The lowest BCUT2D eigenvalue weighted by Gasteiger charge is -2.29. The number of unbranched alkanes of at least 4 members (excludes halogenated alkanes) is 5. The maximum atomic E-state index is 13.2. The zero-order valence-electron chi connectivity index (χ0n) is 31.5. The van der Waals surface area contributed by atoms with Crippen molar-refractivity contribution in [1.82, 2.24) is 10.3 Å². The highest BCUT2D eigenvalue weighted by Crippen LogP contribution is 2.40. The second-order valence-corrected chi connectivity index (χ2v) is 16.5. The molecule has 53 heavy (non-hydrogen) atoms. The number of aryl methyl sites for hydroxylation is 3. The number of amidine groups is 1. The molecule has 4 aromatic rings. The second-order valence-electron chi connectivity index (χ2n) is 13.7. The summed E-state index contributed by atoms with van der Waals surface area (Å²) in [6.45, 7) is 13.3. The lowest BCUT2D eigenvalue weighted by Crippen LogP contribution is -2.48. The smallest absolute Gasteiger partial charge is 0.257 e. The van der Waals surface area contributed by atoms with Gasteiger partial charge in [0.15, 0.2) is 5.13 Å². The van der Waals surface area contributed by atoms with Crippen molar-refractivity contribution < 1.29 is 9.59 Å². The number of thiazole rings is 1. The molecule has 0 bridgehead atoms. The number of rotatable bonds is 16. The van der Waals surface area contributed by atoms with E-state index >= 15 is 0 Å². The van der Waals surface area contributed by atoms with Crippen LogP contribution in [0.5, 0.6) is 0 Å². The molecule has 1 unspecified atom stereocenters. The third-order valence-corrected chi connectivity index (χ3v) is 12.1. The number of fused-ring (bicyclic) bond motifs is 1. The van der Waals surface area contributed by atoms with Gasteiger partial charge < -0.3 is 21.3 Å². The highest BCUT2D eigenvalue weighted by molar-refractivity contribution is 7.17. The summed E-state index contributed by atoms with van der Waals surface area (Å²) in [5, 5.41) is 20.8. The van der Waals surface area contributed by atoms with Crippen LogP contribution in [0.4, 0.5) is 15.8 Å². The highest BCUT2D eigenvalue weighted by atomic mass is 35.5. The van der Waals surface area contributed by atoms with Crippen molar-refractivity contribution in [2.45, 2.75) is 98.7 Å². The lowest BCUT2D eigenvalue weighted by molar-refractivity contribution is -0.121. The van der Waals surface area contributed by atoms with Gasteiger partial charge in [-0.2, -0.15) is 0 Å². The Morgan fingerprint density at radius 1 is 0.925 bits per heavy atom. The number of nitrogens with two attached hydrogens (primary N) is 1. The molecule has 0 saturated carbocycles. The van der Waals surface area contributed by atoms with E-state index in [2.05, 4.69) is 34.8 Å². The van der Waals surface area contributed by atoms with E-state index in [4.69, 9.17) is 27.7 Å². The number of hydrogen-bond donors (Lipinski definition) is 5. The van der Waals surface area contributed by atoms with Crippen LogP contribution in [0, 0.1) is 40.0 Å². The zero-order chi connectivity index (χ0) is 38.2. The topological polar surface area (TPSA) is 149 Å². The van der Waals surface area contributed by atoms with E-state index in [-0.39, 0.29) is 24.1 Å². The first-order chi connectivity index (χ1) is 25.3. The van der Waals surface area contributed by atoms with Gasteiger partial charge in [0.05, 0.1) is 24.0 Å². The average molecular weight is 775 g/mol. The van der Waals surface area contributed by atoms with Crippen LogP contribution in [0.25, 0.3) is 0 Å². The number of nitrogens with zero attached hydrogens (tertiary/aromatic N) is 3. The Labute approximate surface area is 326 Å². The molecule has 3 heterocycles. The average Bonchev–Trinajstić information content (AvgIpc) is 3.54. The molecule has 2 aromatic heterocycles. The Morgan fingerprint density at radius 2 is 1.60 bits per heavy atom. The van der Waals surface area contributed by atoms with Gasteiger partial charge in [0.2, 0.25) is 5.91 Å². The van der Waals surface area contributed by atoms with Crippen LogP contribution in [0.15, 0.2) is 47.5 Å². The number of anilines is 3. The molecule has 1 aliphatic heterocycles. The van der Waals surface area contributed by atoms with Crippen LogP contribution in [0.1, 0.15) is 99.9 Å². The maximum Gasteiger partial charge on any atom is 0.257 e. The molecule has 5 rings (SSSR count). The Bertz CT molecular complexity index is 1950. The molecule has 0 saturated heterocycles. The van der Waals surface area contributed by atoms with E-state index in [1.165, 1.54) is 11.3 Å². The van der Waals surface area contributed by atoms with Crippen molar-refractivity contribution in [3.63, 3.8) is 0 Å². The predicted molar refractivity (Wildman–Crippen MR) is 223 cm³/mol. The molecule has 0 fully saturated rings. The number of nitrogens with one attached hydrogen (secondary N) is 4. The van der Waals surface area contributed by atoms with Gasteiger partial charge in [-0.15, -0.1) is 22.7 Å². The van der Waals surface area contributed by atoms with Crippen molar-refractivity contribution in [3.8, 4) is 0 Å². The first-order valence-electron chi connectivity index (χ1n) is 18.3. The minimum Gasteiger partial charge on any atom is -0.385 e. The zero-order valence-corrected chi connectivity index (χ0v) is 33.9. The van der Waals surface area contributed by atoms with Crippen LogP contribution in [-0.4, -0.2) is 53.6 Å². The van der Waals surface area contributed by atoms with Gasteiger partial charge in [0, 0.05) is 50.2 Å². The number of amides is 2. The second kappa shape index (κ2) is 18.3. The Kier molecular flexibility index (Phi) is 13.8. The van der Waals surface area contributed by atoms with E-state index in [1.807, 2.05) is 75.1 Å². The van der Waals surface area contributed by atoms with Gasteiger partial charge in [-0.25, -0.2) is 4.98 Å². The summed E-state index contributed by atoms with van der Waals surface area (Å²) in [5.41, 5.74) is 13.6. The molecular formula is C40H51ClN8O2S2. The molecule has 0 radical (unpaired) electrons. The number of halogens is 1. The highest BCUT2D eigenvalue weighted by Gasteiger charge is 2.35. The summed E-state index contributed by atoms with van der Waals surface area (Å²) in [6.07, 6.45) is 5.85. The summed E-state index contributed by atoms with van der Waals surface area (Å²) in [5.74, 6) is -0.0498. The number of benzene rings is 2. The van der Waals surface area contributed by atoms with Gasteiger partial charge in [0.1, 0.15) is 16.9 Å². The van der Waals surface area contributed by atoms with Gasteiger partial charge >= 0.3 is 0 Å². The summed E-state index contributed by atoms with van der Waals surface area (Å²) in [6, 6.07) is 12.6. The number of carbonyl (C=O) groups is 2. The number of aromatic nitrogens is 1. The fourth-order valence-electron chi connectivity index (χ4n) is 6.40. The number of hydrogen-bond acceptors (Lipinski definition) is 9. The van der Waals surface area contributed by atoms with Crippen LogP contribution in [0.2, 0.25) is 5.02 Å². The molecule has 6 N–H and O–H groups in total. The molecule has 13 heteroatoms. The van der Waals surface area contributed by atoms with E-state index in [1.54, 1.807) is 11.3 Å². The molecule has 2 aromatic carbocycles. The lowest BCUT2D eigenvalue weighted by atomic mass is 9.99. The van der Waals surface area contributed by atoms with E-state index in [9.17, 15) is 9.59 Å². The van der Waals surface area contributed by atoms with Gasteiger partial charge in [-0.1, -0.05) is 55.5 Å². The largest absolute Gasteiger partial charge is 0.385 e. The Hall–Kier alpha value is -4.10.